The van der Waals surface area contributed by atoms with Gasteiger partial charge in [0.2, 0.25) is 0 Å². The highest BCUT2D eigenvalue weighted by Crippen LogP contribution is 2.23. The van der Waals surface area contributed by atoms with Crippen molar-refractivity contribution in [3.8, 4) is 0 Å². The highest BCUT2D eigenvalue weighted by Gasteiger charge is 2.20. The van der Waals surface area contributed by atoms with Crippen LogP contribution in [-0.4, -0.2) is 48.5 Å². The molecule has 1 N–H and O–H groups in total. The van der Waals surface area contributed by atoms with Crippen molar-refractivity contribution in [2.75, 3.05) is 37.7 Å². The zero-order valence-corrected chi connectivity index (χ0v) is 16.1. The minimum atomic E-state index is 0. The first-order valence-electron chi connectivity index (χ1n) is 7.90. The Morgan fingerprint density at radius 1 is 1.30 bits per heavy atom. The van der Waals surface area contributed by atoms with Crippen LogP contribution in [0.25, 0.3) is 0 Å². The number of nitrogens with one attached hydrogen (secondary N) is 1. The van der Waals surface area contributed by atoms with Gasteiger partial charge in [-0.2, -0.15) is 11.8 Å². The molecule has 2 heterocycles. The first-order chi connectivity index (χ1) is 9.29. The summed E-state index contributed by atoms with van der Waals surface area (Å²) in [5.74, 6) is 5.45. The fourth-order valence-corrected chi connectivity index (χ4v) is 4.16. The van der Waals surface area contributed by atoms with Crippen molar-refractivity contribution in [3.63, 3.8) is 0 Å². The molecule has 0 bridgehead atoms. The van der Waals surface area contributed by atoms with Crippen molar-refractivity contribution >= 4 is 41.7 Å². The van der Waals surface area contributed by atoms with E-state index in [-0.39, 0.29) is 24.0 Å². The number of piperidine rings is 1. The number of likely N-dealkylation sites (tertiary alicyclic amines) is 1. The molecule has 20 heavy (non-hydrogen) atoms. The molecule has 5 heteroatoms. The second kappa shape index (κ2) is 10.1. The Labute approximate surface area is 145 Å². The summed E-state index contributed by atoms with van der Waals surface area (Å²) >= 11 is 2.10. The van der Waals surface area contributed by atoms with Crippen LogP contribution in [0.3, 0.4) is 0 Å². The zero-order valence-electron chi connectivity index (χ0n) is 12.9. The van der Waals surface area contributed by atoms with E-state index in [1.54, 1.807) is 0 Å². The van der Waals surface area contributed by atoms with Gasteiger partial charge < -0.3 is 10.2 Å². The number of hydrogen-bond donors (Lipinski definition) is 1. The molecule has 2 rings (SSSR count). The molecule has 1 atom stereocenters. The molecule has 2 aliphatic rings. The maximum atomic E-state index is 4.92. The monoisotopic (exact) mass is 411 g/mol. The Hall–Kier alpha value is 0.350. The smallest absolute Gasteiger partial charge is 0.193 e. The third-order valence-corrected chi connectivity index (χ3v) is 5.18. The quantitative estimate of drug-likeness (QED) is 0.438. The Kier molecular flexibility index (Phi) is 9.33. The summed E-state index contributed by atoms with van der Waals surface area (Å²) in [6.45, 7) is 8.87. The van der Waals surface area contributed by atoms with E-state index in [4.69, 9.17) is 4.99 Å². The third-order valence-electron chi connectivity index (χ3n) is 4.13. The molecule has 0 aromatic carbocycles. The van der Waals surface area contributed by atoms with Gasteiger partial charge in [0, 0.05) is 26.2 Å². The number of guanidine groups is 1. The molecule has 2 aliphatic heterocycles. The third kappa shape index (κ3) is 6.00. The normalized spacial score (nSPS) is 25.2. The lowest BCUT2D eigenvalue weighted by Gasteiger charge is -2.34. The van der Waals surface area contributed by atoms with Gasteiger partial charge in [0.1, 0.15) is 0 Å². The molecular formula is C15H30IN3S. The largest absolute Gasteiger partial charge is 0.357 e. The van der Waals surface area contributed by atoms with E-state index in [1.807, 2.05) is 0 Å². The first kappa shape index (κ1) is 18.4. The standard InChI is InChI=1S/C15H29N3S.HI/c1-3-16-15(18-8-4-5-13(2)12-18)17-11-14-6-9-19-10-7-14;/h13-14H,3-12H2,1-2H3,(H,16,17);1H. The SMILES string of the molecule is CCNC(=NCC1CCSCC1)N1CCCC(C)C1.I. The molecule has 118 valence electrons. The molecule has 0 amide bonds. The summed E-state index contributed by atoms with van der Waals surface area (Å²) in [5.41, 5.74) is 0. The van der Waals surface area contributed by atoms with Crippen molar-refractivity contribution in [1.29, 1.82) is 0 Å². The number of halogens is 1. The maximum Gasteiger partial charge on any atom is 0.193 e. The Morgan fingerprint density at radius 2 is 2.05 bits per heavy atom. The summed E-state index contributed by atoms with van der Waals surface area (Å²) in [6, 6.07) is 0. The molecule has 0 aromatic heterocycles. The van der Waals surface area contributed by atoms with E-state index >= 15 is 0 Å². The van der Waals surface area contributed by atoms with Crippen LogP contribution in [-0.2, 0) is 0 Å². The highest BCUT2D eigenvalue weighted by atomic mass is 127. The number of rotatable bonds is 3. The minimum absolute atomic E-state index is 0. The maximum absolute atomic E-state index is 4.92. The molecule has 2 saturated heterocycles. The molecule has 0 aliphatic carbocycles. The van der Waals surface area contributed by atoms with E-state index in [2.05, 4.69) is 35.8 Å². The van der Waals surface area contributed by atoms with Crippen molar-refractivity contribution in [3.05, 3.63) is 0 Å². The predicted molar refractivity (Wildman–Crippen MR) is 101 cm³/mol. The second-order valence-electron chi connectivity index (χ2n) is 5.94. The van der Waals surface area contributed by atoms with Gasteiger partial charge in [0.05, 0.1) is 0 Å². The van der Waals surface area contributed by atoms with Crippen molar-refractivity contribution in [2.45, 2.75) is 39.5 Å². The van der Waals surface area contributed by atoms with Gasteiger partial charge in [-0.1, -0.05) is 6.92 Å². The predicted octanol–water partition coefficient (Wildman–Crippen LogP) is 3.45. The van der Waals surface area contributed by atoms with E-state index in [9.17, 15) is 0 Å². The van der Waals surface area contributed by atoms with Gasteiger partial charge in [-0.25, -0.2) is 0 Å². The van der Waals surface area contributed by atoms with Crippen LogP contribution >= 0.6 is 35.7 Å². The molecule has 0 aromatic rings. The van der Waals surface area contributed by atoms with E-state index < -0.39 is 0 Å². The fraction of sp³-hybridized carbons (Fsp3) is 0.933. The summed E-state index contributed by atoms with van der Waals surface area (Å²) in [6.07, 6.45) is 5.38. The van der Waals surface area contributed by atoms with Crippen LogP contribution in [0.2, 0.25) is 0 Å². The van der Waals surface area contributed by atoms with E-state index in [0.29, 0.717) is 0 Å². The molecule has 0 spiro atoms. The Morgan fingerprint density at radius 3 is 2.70 bits per heavy atom. The minimum Gasteiger partial charge on any atom is -0.357 e. The van der Waals surface area contributed by atoms with Gasteiger partial charge in [0.25, 0.3) is 0 Å². The van der Waals surface area contributed by atoms with Crippen molar-refractivity contribution in [2.24, 2.45) is 16.8 Å². The van der Waals surface area contributed by atoms with Crippen LogP contribution in [0.15, 0.2) is 4.99 Å². The topological polar surface area (TPSA) is 27.6 Å². The van der Waals surface area contributed by atoms with Gasteiger partial charge in [-0.3, -0.25) is 4.99 Å². The zero-order chi connectivity index (χ0) is 13.5. The lowest BCUT2D eigenvalue weighted by atomic mass is 10.0. The van der Waals surface area contributed by atoms with Crippen LogP contribution in [0.1, 0.15) is 39.5 Å². The van der Waals surface area contributed by atoms with Crippen LogP contribution in [0.5, 0.6) is 0 Å². The Bertz CT molecular complexity index is 293. The lowest BCUT2D eigenvalue weighted by molar-refractivity contribution is 0.265. The first-order valence-corrected chi connectivity index (χ1v) is 9.06. The van der Waals surface area contributed by atoms with E-state index in [1.165, 1.54) is 50.3 Å². The van der Waals surface area contributed by atoms with Crippen molar-refractivity contribution in [1.82, 2.24) is 10.2 Å². The lowest BCUT2D eigenvalue weighted by Crippen LogP contribution is -2.46. The van der Waals surface area contributed by atoms with Crippen LogP contribution in [0, 0.1) is 11.8 Å². The summed E-state index contributed by atoms with van der Waals surface area (Å²) in [7, 11) is 0. The Balaban J connectivity index is 0.00000200. The van der Waals surface area contributed by atoms with Crippen LogP contribution < -0.4 is 5.32 Å². The molecule has 1 unspecified atom stereocenters. The van der Waals surface area contributed by atoms with Gasteiger partial charge in [0.15, 0.2) is 5.96 Å². The van der Waals surface area contributed by atoms with Gasteiger partial charge in [-0.15, -0.1) is 24.0 Å². The number of hydrogen-bond acceptors (Lipinski definition) is 2. The average molecular weight is 411 g/mol. The number of thioether (sulfide) groups is 1. The summed E-state index contributed by atoms with van der Waals surface area (Å²) in [4.78, 5) is 7.38. The van der Waals surface area contributed by atoms with Crippen LogP contribution in [0.4, 0.5) is 0 Å². The summed E-state index contributed by atoms with van der Waals surface area (Å²) < 4.78 is 0. The van der Waals surface area contributed by atoms with Gasteiger partial charge in [-0.05, 0) is 55.9 Å². The number of aliphatic imine (C=N–C) groups is 1. The summed E-state index contributed by atoms with van der Waals surface area (Å²) in [5, 5.41) is 3.48. The van der Waals surface area contributed by atoms with Crippen molar-refractivity contribution < 1.29 is 0 Å². The second-order valence-corrected chi connectivity index (χ2v) is 7.17. The van der Waals surface area contributed by atoms with E-state index in [0.717, 1.165) is 30.9 Å². The number of nitrogens with zero attached hydrogens (tertiary/aromatic N) is 2. The molecule has 0 radical (unpaired) electrons. The average Bonchev–Trinajstić information content (AvgIpc) is 2.44. The molecule has 0 saturated carbocycles. The fourth-order valence-electron chi connectivity index (χ4n) is 2.95. The molecule has 2 fully saturated rings. The highest BCUT2D eigenvalue weighted by molar-refractivity contribution is 14.0. The molecular weight excluding hydrogens is 381 g/mol. The molecule has 3 nitrogen and oxygen atoms in total. The van der Waals surface area contributed by atoms with Gasteiger partial charge >= 0.3 is 0 Å².